The standard InChI is InChI=1S/C22H29Br2N6O7/c1-11-10-12(23)15(29-30-25)14(24)13(11)16(31)27-8-9-28-17(32)22(37-26,18(33)35-20(2,3)4)19(34)36-21(5,6)7/h10H,1,8-9,26H2,2-7H3,(H,27,31)(H,28,32). The highest BCUT2D eigenvalue weighted by molar-refractivity contribution is 9.11. The summed E-state index contributed by atoms with van der Waals surface area (Å²) >= 11 is 6.47. The van der Waals surface area contributed by atoms with Gasteiger partial charge in [-0.3, -0.25) is 14.4 Å². The Balaban J connectivity index is 3.09. The van der Waals surface area contributed by atoms with Crippen LogP contribution in [0.15, 0.2) is 20.1 Å². The molecule has 13 nitrogen and oxygen atoms in total. The van der Waals surface area contributed by atoms with Crippen LogP contribution >= 0.6 is 31.9 Å². The third-order valence-corrected chi connectivity index (χ3v) is 5.59. The van der Waals surface area contributed by atoms with Gasteiger partial charge in [0.15, 0.2) is 0 Å². The number of azide groups is 1. The van der Waals surface area contributed by atoms with Gasteiger partial charge in [-0.15, -0.1) is 0 Å². The molecule has 37 heavy (non-hydrogen) atoms. The van der Waals surface area contributed by atoms with Gasteiger partial charge >= 0.3 is 17.5 Å². The molecule has 0 heterocycles. The molecular formula is C22H29Br2N6O7. The summed E-state index contributed by atoms with van der Waals surface area (Å²) in [5, 5.41) is 8.41. The fourth-order valence-corrected chi connectivity index (χ4v) is 4.27. The molecule has 203 valence electrons. The largest absolute Gasteiger partial charge is 0.457 e. The molecule has 2 amide bonds. The zero-order valence-corrected chi connectivity index (χ0v) is 24.4. The second kappa shape index (κ2) is 12.7. The van der Waals surface area contributed by atoms with E-state index in [4.69, 9.17) is 20.9 Å². The highest BCUT2D eigenvalue weighted by atomic mass is 79.9. The first-order valence-electron chi connectivity index (χ1n) is 10.7. The third-order valence-electron chi connectivity index (χ3n) is 4.21. The first kappa shape index (κ1) is 32.3. The van der Waals surface area contributed by atoms with Crippen LogP contribution in [0.25, 0.3) is 10.4 Å². The van der Waals surface area contributed by atoms with Crippen molar-refractivity contribution >= 4 is 61.3 Å². The van der Waals surface area contributed by atoms with Crippen LogP contribution in [0, 0.1) is 6.92 Å². The Labute approximate surface area is 231 Å². The van der Waals surface area contributed by atoms with Gasteiger partial charge in [-0.25, -0.2) is 15.5 Å². The van der Waals surface area contributed by atoms with Crippen molar-refractivity contribution in [3.63, 3.8) is 0 Å². The van der Waals surface area contributed by atoms with E-state index in [9.17, 15) is 19.2 Å². The van der Waals surface area contributed by atoms with Crippen molar-refractivity contribution in [2.24, 2.45) is 11.0 Å². The van der Waals surface area contributed by atoms with Gasteiger partial charge in [0.2, 0.25) is 0 Å². The van der Waals surface area contributed by atoms with Crippen molar-refractivity contribution in [2.75, 3.05) is 13.1 Å². The molecule has 0 saturated carbocycles. The number of nitrogens with two attached hydrogens (primary N) is 1. The van der Waals surface area contributed by atoms with Crippen molar-refractivity contribution in [1.82, 2.24) is 10.6 Å². The van der Waals surface area contributed by atoms with Gasteiger partial charge in [0.25, 0.3) is 11.8 Å². The van der Waals surface area contributed by atoms with Crippen molar-refractivity contribution in [3.05, 3.63) is 43.5 Å². The molecule has 0 aliphatic rings. The average molecular weight is 649 g/mol. The minimum absolute atomic E-state index is 0.0964. The van der Waals surface area contributed by atoms with E-state index in [0.717, 1.165) is 0 Å². The zero-order chi connectivity index (χ0) is 28.8. The Morgan fingerprint density at radius 2 is 1.51 bits per heavy atom. The molecule has 4 N–H and O–H groups in total. The smallest absolute Gasteiger partial charge is 0.363 e. The molecule has 1 aromatic rings. The maximum absolute atomic E-state index is 13.0. The van der Waals surface area contributed by atoms with Crippen LogP contribution in [0.1, 0.15) is 57.5 Å². The van der Waals surface area contributed by atoms with Crippen molar-refractivity contribution in [3.8, 4) is 0 Å². The summed E-state index contributed by atoms with van der Waals surface area (Å²) in [6.45, 7) is 12.6. The van der Waals surface area contributed by atoms with Gasteiger partial charge in [-0.05, 0) is 81.6 Å². The molecule has 0 saturated heterocycles. The lowest BCUT2D eigenvalue weighted by Gasteiger charge is -2.32. The quantitative estimate of drug-likeness (QED) is 0.0688. The summed E-state index contributed by atoms with van der Waals surface area (Å²) in [6.07, 6.45) is 0. The average Bonchev–Trinajstić information content (AvgIpc) is 2.72. The van der Waals surface area contributed by atoms with E-state index >= 15 is 0 Å². The molecule has 0 spiro atoms. The zero-order valence-electron chi connectivity index (χ0n) is 21.2. The minimum Gasteiger partial charge on any atom is -0.457 e. The maximum atomic E-state index is 13.0. The normalized spacial score (nSPS) is 11.7. The van der Waals surface area contributed by atoms with Gasteiger partial charge in [-0.2, -0.15) is 0 Å². The summed E-state index contributed by atoms with van der Waals surface area (Å²) in [6, 6.07) is 1.50. The predicted molar refractivity (Wildman–Crippen MR) is 140 cm³/mol. The first-order valence-corrected chi connectivity index (χ1v) is 12.3. The molecule has 1 rings (SSSR count). The summed E-state index contributed by atoms with van der Waals surface area (Å²) in [7, 11) is 0. The number of rotatable bonds is 9. The number of nitrogens with zero attached hydrogens (tertiary/aromatic N) is 3. The number of esters is 2. The second-order valence-electron chi connectivity index (χ2n) is 9.56. The lowest BCUT2D eigenvalue weighted by Crippen LogP contribution is -2.64. The number of halogens is 2. The Morgan fingerprint density at radius 3 is 1.95 bits per heavy atom. The van der Waals surface area contributed by atoms with Gasteiger partial charge < -0.3 is 20.1 Å². The molecule has 0 atom stereocenters. The highest BCUT2D eigenvalue weighted by Gasteiger charge is 2.59. The van der Waals surface area contributed by atoms with Crippen LogP contribution in [0.3, 0.4) is 0 Å². The Bertz CT molecular complexity index is 1090. The van der Waals surface area contributed by atoms with E-state index in [2.05, 4.69) is 64.3 Å². The van der Waals surface area contributed by atoms with Gasteiger partial charge in [0.05, 0.1) is 11.3 Å². The number of nitrogens with one attached hydrogen (secondary N) is 2. The van der Waals surface area contributed by atoms with Gasteiger partial charge in [-0.1, -0.05) is 21.0 Å². The van der Waals surface area contributed by atoms with E-state index in [1.165, 1.54) is 47.6 Å². The number of hydrogen-bond acceptors (Lipinski definition) is 9. The van der Waals surface area contributed by atoms with E-state index in [1.54, 1.807) is 0 Å². The molecule has 15 heteroatoms. The lowest BCUT2D eigenvalue weighted by atomic mass is 10.0. The maximum Gasteiger partial charge on any atom is 0.363 e. The summed E-state index contributed by atoms with van der Waals surface area (Å²) in [5.74, 6) is 0.684. The van der Waals surface area contributed by atoms with Crippen LogP contribution in [0.4, 0.5) is 5.69 Å². The van der Waals surface area contributed by atoms with E-state index in [1.807, 2.05) is 0 Å². The molecule has 0 aromatic heterocycles. The van der Waals surface area contributed by atoms with Crippen LogP contribution in [0.5, 0.6) is 0 Å². The van der Waals surface area contributed by atoms with Gasteiger partial charge in [0, 0.05) is 26.9 Å². The molecule has 0 fully saturated rings. The fraction of sp³-hybridized carbons (Fsp3) is 0.500. The first-order chi connectivity index (χ1) is 16.9. The Morgan fingerprint density at radius 1 is 1.03 bits per heavy atom. The number of carbonyl (C=O) groups is 4. The molecular weight excluding hydrogens is 620 g/mol. The Hall–Kier alpha value is -2.71. The van der Waals surface area contributed by atoms with E-state index in [-0.39, 0.29) is 28.8 Å². The van der Waals surface area contributed by atoms with Crippen LogP contribution < -0.4 is 16.5 Å². The van der Waals surface area contributed by atoms with E-state index in [0.29, 0.717) is 10.0 Å². The SMILES string of the molecule is [CH2]c1cc(Br)c(N=[N+]=[N-])c(Br)c1C(=O)NCCNC(=O)C(ON)(C(=O)OC(C)(C)C)C(=O)OC(C)(C)C. The lowest BCUT2D eigenvalue weighted by molar-refractivity contribution is -0.204. The minimum atomic E-state index is -2.95. The van der Waals surface area contributed by atoms with Crippen molar-refractivity contribution in [2.45, 2.75) is 58.3 Å². The summed E-state index contributed by atoms with van der Waals surface area (Å²) < 4.78 is 11.0. The Kier molecular flexibility index (Phi) is 11.1. The van der Waals surface area contributed by atoms with Gasteiger partial charge in [0.1, 0.15) is 11.2 Å². The molecule has 0 aliphatic heterocycles. The topological polar surface area (TPSA) is 195 Å². The molecule has 0 unspecified atom stereocenters. The number of benzene rings is 1. The number of carbonyl (C=O) groups excluding carboxylic acids is 4. The van der Waals surface area contributed by atoms with Crippen LogP contribution in [-0.4, -0.2) is 53.6 Å². The third kappa shape index (κ3) is 8.40. The molecule has 0 aliphatic carbocycles. The fourth-order valence-electron chi connectivity index (χ4n) is 2.72. The highest BCUT2D eigenvalue weighted by Crippen LogP contribution is 2.38. The molecule has 0 bridgehead atoms. The van der Waals surface area contributed by atoms with Crippen LogP contribution in [-0.2, 0) is 28.7 Å². The monoisotopic (exact) mass is 647 g/mol. The number of ether oxygens (including phenoxy) is 2. The summed E-state index contributed by atoms with van der Waals surface area (Å²) in [5.41, 5.74) is 4.19. The van der Waals surface area contributed by atoms with E-state index < -0.39 is 40.6 Å². The van der Waals surface area contributed by atoms with Crippen LogP contribution in [0.2, 0.25) is 0 Å². The van der Waals surface area contributed by atoms with Crippen molar-refractivity contribution < 1.29 is 33.5 Å². The van der Waals surface area contributed by atoms with Crippen molar-refractivity contribution in [1.29, 1.82) is 0 Å². The second-order valence-corrected chi connectivity index (χ2v) is 11.2. The number of hydrogen-bond donors (Lipinski definition) is 3. The molecule has 1 aromatic carbocycles. The summed E-state index contributed by atoms with van der Waals surface area (Å²) in [4.78, 5) is 58.9. The molecule has 1 radical (unpaired) electrons. The predicted octanol–water partition coefficient (Wildman–Crippen LogP) is 3.49. The number of amides is 2.